The third-order valence-electron chi connectivity index (χ3n) is 3.94. The van der Waals surface area contributed by atoms with Crippen LogP contribution >= 0.6 is 0 Å². The molecule has 0 saturated carbocycles. The molecule has 0 aliphatic rings. The number of methoxy groups -OCH3 is 1. The second-order valence-electron chi connectivity index (χ2n) is 5.96. The summed E-state index contributed by atoms with van der Waals surface area (Å²) in [5, 5.41) is 3.23. The van der Waals surface area contributed by atoms with E-state index in [1.807, 2.05) is 37.4 Å². The number of amides is 1. The van der Waals surface area contributed by atoms with Gasteiger partial charge >= 0.3 is 0 Å². The Morgan fingerprint density at radius 3 is 2.50 bits per heavy atom. The first-order valence-electron chi connectivity index (χ1n) is 8.86. The van der Waals surface area contributed by atoms with E-state index in [1.165, 1.54) is 0 Å². The minimum Gasteiger partial charge on any atom is -0.497 e. The number of aromatic nitrogens is 1. The van der Waals surface area contributed by atoms with Gasteiger partial charge in [0, 0.05) is 20.1 Å². The van der Waals surface area contributed by atoms with Crippen LogP contribution in [0.1, 0.15) is 30.3 Å². The molecule has 0 spiro atoms. The van der Waals surface area contributed by atoms with Gasteiger partial charge in [0.15, 0.2) is 0 Å². The summed E-state index contributed by atoms with van der Waals surface area (Å²) in [5.74, 6) is 1.55. The molecule has 1 heterocycles. The first-order valence-corrected chi connectivity index (χ1v) is 8.86. The molecule has 1 aromatic heterocycles. The minimum atomic E-state index is -0.0483. The number of pyridine rings is 1. The molecule has 0 aliphatic heterocycles. The van der Waals surface area contributed by atoms with E-state index < -0.39 is 0 Å². The molecule has 0 fully saturated rings. The Morgan fingerprint density at radius 2 is 1.88 bits per heavy atom. The summed E-state index contributed by atoms with van der Waals surface area (Å²) in [4.78, 5) is 18.2. The standard InChI is InChI=1S/C20H27N3O3/c1-4-5-13-23(2)20(24)19-11-6-16(15-22-19)21-12-14-26-18-9-7-17(25-3)8-10-18/h6-11,15,21H,4-5,12-14H2,1-3H3. The minimum absolute atomic E-state index is 0.0483. The average molecular weight is 357 g/mol. The van der Waals surface area contributed by atoms with Gasteiger partial charge in [-0.05, 0) is 42.8 Å². The molecular weight excluding hydrogens is 330 g/mol. The number of hydrogen-bond acceptors (Lipinski definition) is 5. The molecule has 1 N–H and O–H groups in total. The molecule has 0 unspecified atom stereocenters. The van der Waals surface area contributed by atoms with E-state index in [1.54, 1.807) is 24.3 Å². The van der Waals surface area contributed by atoms with Gasteiger partial charge in [0.25, 0.3) is 5.91 Å². The van der Waals surface area contributed by atoms with Crippen LogP contribution in [0.2, 0.25) is 0 Å². The Bertz CT molecular complexity index is 672. The fraction of sp³-hybridized carbons (Fsp3) is 0.400. The van der Waals surface area contributed by atoms with Crippen LogP contribution in [0.5, 0.6) is 11.5 Å². The van der Waals surface area contributed by atoms with Crippen LogP contribution in [-0.4, -0.2) is 49.6 Å². The van der Waals surface area contributed by atoms with Crippen LogP contribution in [0, 0.1) is 0 Å². The van der Waals surface area contributed by atoms with Gasteiger partial charge in [-0.15, -0.1) is 0 Å². The van der Waals surface area contributed by atoms with Crippen molar-refractivity contribution < 1.29 is 14.3 Å². The van der Waals surface area contributed by atoms with Crippen molar-refractivity contribution in [1.29, 1.82) is 0 Å². The third-order valence-corrected chi connectivity index (χ3v) is 3.94. The van der Waals surface area contributed by atoms with E-state index in [0.717, 1.165) is 36.6 Å². The quantitative estimate of drug-likeness (QED) is 0.660. The lowest BCUT2D eigenvalue weighted by Crippen LogP contribution is -2.28. The molecule has 1 amide bonds. The number of nitrogens with zero attached hydrogens (tertiary/aromatic N) is 2. The Hall–Kier alpha value is -2.76. The second kappa shape index (κ2) is 10.3. The van der Waals surface area contributed by atoms with Gasteiger partial charge in [0.1, 0.15) is 23.8 Å². The summed E-state index contributed by atoms with van der Waals surface area (Å²) in [7, 11) is 3.44. The van der Waals surface area contributed by atoms with Crippen molar-refractivity contribution in [3.05, 3.63) is 48.3 Å². The van der Waals surface area contributed by atoms with Crippen molar-refractivity contribution in [3.63, 3.8) is 0 Å². The first-order chi connectivity index (χ1) is 12.6. The van der Waals surface area contributed by atoms with Gasteiger partial charge in [0.05, 0.1) is 19.0 Å². The van der Waals surface area contributed by atoms with Crippen LogP contribution < -0.4 is 14.8 Å². The number of carbonyl (C=O) groups is 1. The summed E-state index contributed by atoms with van der Waals surface area (Å²) in [6.07, 6.45) is 3.73. The number of carbonyl (C=O) groups excluding carboxylic acids is 1. The molecule has 0 radical (unpaired) electrons. The van der Waals surface area contributed by atoms with Crippen LogP contribution in [0.4, 0.5) is 5.69 Å². The van der Waals surface area contributed by atoms with Crippen molar-refractivity contribution in [2.45, 2.75) is 19.8 Å². The number of nitrogens with one attached hydrogen (secondary N) is 1. The number of unbranched alkanes of at least 4 members (excludes halogenated alkanes) is 1. The summed E-state index contributed by atoms with van der Waals surface area (Å²) in [5.41, 5.74) is 1.32. The zero-order valence-electron chi connectivity index (χ0n) is 15.7. The summed E-state index contributed by atoms with van der Waals surface area (Å²) in [6, 6.07) is 11.1. The van der Waals surface area contributed by atoms with Crippen LogP contribution in [0.25, 0.3) is 0 Å². The zero-order chi connectivity index (χ0) is 18.8. The van der Waals surface area contributed by atoms with Crippen molar-refractivity contribution in [3.8, 4) is 11.5 Å². The molecule has 2 aromatic rings. The maximum atomic E-state index is 12.2. The predicted molar refractivity (Wildman–Crippen MR) is 103 cm³/mol. The van der Waals surface area contributed by atoms with E-state index in [2.05, 4.69) is 17.2 Å². The highest BCUT2D eigenvalue weighted by Crippen LogP contribution is 2.16. The van der Waals surface area contributed by atoms with Gasteiger partial charge in [-0.3, -0.25) is 4.79 Å². The average Bonchev–Trinajstić information content (AvgIpc) is 2.69. The highest BCUT2D eigenvalue weighted by atomic mass is 16.5. The van der Waals surface area contributed by atoms with Gasteiger partial charge in [0.2, 0.25) is 0 Å². The zero-order valence-corrected chi connectivity index (χ0v) is 15.7. The van der Waals surface area contributed by atoms with Gasteiger partial charge in [-0.1, -0.05) is 13.3 Å². The Labute approximate surface area is 155 Å². The first kappa shape index (κ1) is 19.6. The van der Waals surface area contributed by atoms with E-state index in [0.29, 0.717) is 18.8 Å². The molecule has 6 heteroatoms. The molecule has 2 rings (SSSR count). The highest BCUT2D eigenvalue weighted by molar-refractivity contribution is 5.92. The molecule has 1 aromatic carbocycles. The van der Waals surface area contributed by atoms with Gasteiger partial charge in [-0.2, -0.15) is 0 Å². The van der Waals surface area contributed by atoms with Crippen LogP contribution in [0.15, 0.2) is 42.6 Å². The van der Waals surface area contributed by atoms with E-state index in [4.69, 9.17) is 9.47 Å². The van der Waals surface area contributed by atoms with Crippen molar-refractivity contribution in [1.82, 2.24) is 9.88 Å². The van der Waals surface area contributed by atoms with Crippen molar-refractivity contribution in [2.24, 2.45) is 0 Å². The van der Waals surface area contributed by atoms with Crippen LogP contribution in [0.3, 0.4) is 0 Å². The van der Waals surface area contributed by atoms with Crippen molar-refractivity contribution in [2.75, 3.05) is 39.2 Å². The third kappa shape index (κ3) is 5.95. The molecule has 140 valence electrons. The molecule has 6 nitrogen and oxygen atoms in total. The molecular formula is C20H27N3O3. The smallest absolute Gasteiger partial charge is 0.272 e. The van der Waals surface area contributed by atoms with Gasteiger partial charge in [-0.25, -0.2) is 4.98 Å². The Balaban J connectivity index is 1.75. The van der Waals surface area contributed by atoms with Crippen LogP contribution in [-0.2, 0) is 0 Å². The van der Waals surface area contributed by atoms with E-state index >= 15 is 0 Å². The Kier molecular flexibility index (Phi) is 7.74. The summed E-state index contributed by atoms with van der Waals surface area (Å²) in [6.45, 7) is 4.01. The SMILES string of the molecule is CCCCN(C)C(=O)c1ccc(NCCOc2ccc(OC)cc2)cn1. The molecule has 0 aliphatic carbocycles. The fourth-order valence-corrected chi connectivity index (χ4v) is 2.35. The lowest BCUT2D eigenvalue weighted by molar-refractivity contribution is 0.0787. The lowest BCUT2D eigenvalue weighted by Gasteiger charge is -2.16. The molecule has 0 bridgehead atoms. The molecule has 0 atom stereocenters. The van der Waals surface area contributed by atoms with Gasteiger partial charge < -0.3 is 19.7 Å². The number of anilines is 1. The van der Waals surface area contributed by atoms with Crippen molar-refractivity contribution >= 4 is 11.6 Å². The lowest BCUT2D eigenvalue weighted by atomic mass is 10.2. The maximum absolute atomic E-state index is 12.2. The number of benzene rings is 1. The summed E-state index contributed by atoms with van der Waals surface area (Å²) < 4.78 is 10.8. The van der Waals surface area contributed by atoms with E-state index in [-0.39, 0.29) is 5.91 Å². The molecule has 26 heavy (non-hydrogen) atoms. The fourth-order valence-electron chi connectivity index (χ4n) is 2.35. The predicted octanol–water partition coefficient (Wildman–Crippen LogP) is 3.45. The normalized spacial score (nSPS) is 10.3. The molecule has 0 saturated heterocycles. The highest BCUT2D eigenvalue weighted by Gasteiger charge is 2.12. The van der Waals surface area contributed by atoms with E-state index in [9.17, 15) is 4.79 Å². The maximum Gasteiger partial charge on any atom is 0.272 e. The second-order valence-corrected chi connectivity index (χ2v) is 5.96. The number of rotatable bonds is 10. The Morgan fingerprint density at radius 1 is 1.15 bits per heavy atom. The monoisotopic (exact) mass is 357 g/mol. The number of hydrogen-bond donors (Lipinski definition) is 1. The summed E-state index contributed by atoms with van der Waals surface area (Å²) >= 11 is 0. The topological polar surface area (TPSA) is 63.7 Å². The largest absolute Gasteiger partial charge is 0.497 e. The number of ether oxygens (including phenoxy) is 2.